The Balaban J connectivity index is 1.62. The smallest absolute Gasteiger partial charge is 0.247 e. The zero-order chi connectivity index (χ0) is 19.8. The van der Waals surface area contributed by atoms with Crippen LogP contribution in [-0.2, 0) is 0 Å². The van der Waals surface area contributed by atoms with Crippen LogP contribution < -0.4 is 4.74 Å². The molecule has 4 aromatic rings. The topological polar surface area (TPSA) is 73.9 Å². The van der Waals surface area contributed by atoms with Crippen molar-refractivity contribution in [3.05, 3.63) is 46.4 Å². The van der Waals surface area contributed by atoms with Gasteiger partial charge in [-0.15, -0.1) is 21.5 Å². The lowest BCUT2D eigenvalue weighted by atomic mass is 10.2. The number of aryl methyl sites for hydroxylation is 3. The van der Waals surface area contributed by atoms with E-state index in [9.17, 15) is 0 Å². The van der Waals surface area contributed by atoms with E-state index in [2.05, 4.69) is 34.0 Å². The highest BCUT2D eigenvalue weighted by Crippen LogP contribution is 2.41. The Morgan fingerprint density at radius 1 is 1.07 bits per heavy atom. The van der Waals surface area contributed by atoms with Crippen molar-refractivity contribution in [2.45, 2.75) is 38.0 Å². The molecular formula is C20H20N4O2S2. The summed E-state index contributed by atoms with van der Waals surface area (Å²) in [5.74, 6) is 2.63. The van der Waals surface area contributed by atoms with Gasteiger partial charge in [-0.3, -0.25) is 0 Å². The Bertz CT molecular complexity index is 1140. The summed E-state index contributed by atoms with van der Waals surface area (Å²) in [6.07, 6.45) is 0. The van der Waals surface area contributed by atoms with Crippen molar-refractivity contribution >= 4 is 33.3 Å². The number of thiophene rings is 1. The second-order valence-corrected chi connectivity index (χ2v) is 9.01. The van der Waals surface area contributed by atoms with E-state index in [1.807, 2.05) is 38.1 Å². The van der Waals surface area contributed by atoms with E-state index >= 15 is 0 Å². The number of hydrogen-bond donors (Lipinski definition) is 0. The van der Waals surface area contributed by atoms with E-state index < -0.39 is 0 Å². The number of aromatic nitrogens is 4. The minimum atomic E-state index is -0.0309. The Kier molecular flexibility index (Phi) is 5.07. The van der Waals surface area contributed by atoms with E-state index in [1.54, 1.807) is 30.2 Å². The molecule has 1 atom stereocenters. The first-order valence-corrected chi connectivity index (χ1v) is 10.5. The fourth-order valence-electron chi connectivity index (χ4n) is 2.87. The predicted octanol–water partition coefficient (Wildman–Crippen LogP) is 5.53. The molecule has 0 aliphatic heterocycles. The maximum atomic E-state index is 5.93. The molecule has 0 amide bonds. The van der Waals surface area contributed by atoms with Crippen molar-refractivity contribution in [1.29, 1.82) is 0 Å². The molecule has 0 saturated carbocycles. The number of rotatable bonds is 5. The molecule has 0 radical (unpaired) electrons. The highest BCUT2D eigenvalue weighted by atomic mass is 32.2. The van der Waals surface area contributed by atoms with Crippen LogP contribution in [0.1, 0.15) is 34.3 Å². The summed E-state index contributed by atoms with van der Waals surface area (Å²) in [5.41, 5.74) is 2.10. The predicted molar refractivity (Wildman–Crippen MR) is 112 cm³/mol. The van der Waals surface area contributed by atoms with Gasteiger partial charge in [0.2, 0.25) is 11.8 Å². The fraction of sp³-hybridized carbons (Fsp3) is 0.300. The van der Waals surface area contributed by atoms with Crippen molar-refractivity contribution in [3.8, 4) is 17.2 Å². The second-order valence-electron chi connectivity index (χ2n) is 6.47. The Morgan fingerprint density at radius 3 is 2.54 bits per heavy atom. The maximum Gasteiger partial charge on any atom is 0.247 e. The third-order valence-electron chi connectivity index (χ3n) is 4.52. The molecule has 0 aliphatic rings. The minimum Gasteiger partial charge on any atom is -0.497 e. The van der Waals surface area contributed by atoms with Gasteiger partial charge < -0.3 is 9.15 Å². The maximum absolute atomic E-state index is 5.93. The monoisotopic (exact) mass is 412 g/mol. The zero-order valence-corrected chi connectivity index (χ0v) is 17.9. The molecule has 144 valence electrons. The van der Waals surface area contributed by atoms with E-state index in [-0.39, 0.29) is 5.25 Å². The lowest BCUT2D eigenvalue weighted by Crippen LogP contribution is -1.95. The first-order chi connectivity index (χ1) is 13.5. The van der Waals surface area contributed by atoms with Gasteiger partial charge in [0, 0.05) is 15.8 Å². The lowest BCUT2D eigenvalue weighted by molar-refractivity contribution is 0.415. The summed E-state index contributed by atoms with van der Waals surface area (Å²) in [5, 5.41) is 10.5. The molecule has 3 aromatic heterocycles. The standard InChI is InChI=1S/C20H20N4O2S2/c1-10-11(2)27-19-16(10)20(22-13(4)21-19)28-12(3)17-23-24-18(26-17)14-6-8-15(25-5)9-7-14/h6-9,12H,1-5H3/t12-/m0/s1. The highest BCUT2D eigenvalue weighted by Gasteiger charge is 2.21. The average molecular weight is 413 g/mol. The van der Waals surface area contributed by atoms with Crippen LogP contribution in [0.4, 0.5) is 0 Å². The van der Waals surface area contributed by atoms with E-state index in [1.165, 1.54) is 10.4 Å². The summed E-state index contributed by atoms with van der Waals surface area (Å²) in [4.78, 5) is 11.6. The average Bonchev–Trinajstić information content (AvgIpc) is 3.27. The van der Waals surface area contributed by atoms with Gasteiger partial charge in [0.25, 0.3) is 0 Å². The Hall–Kier alpha value is -2.45. The molecule has 4 rings (SSSR count). The van der Waals surface area contributed by atoms with E-state index in [0.29, 0.717) is 11.8 Å². The van der Waals surface area contributed by atoms with Crippen LogP contribution in [0.2, 0.25) is 0 Å². The van der Waals surface area contributed by atoms with Gasteiger partial charge in [0.15, 0.2) is 0 Å². The van der Waals surface area contributed by atoms with Gasteiger partial charge in [0.05, 0.1) is 12.4 Å². The third kappa shape index (κ3) is 3.49. The summed E-state index contributed by atoms with van der Waals surface area (Å²) >= 11 is 3.33. The molecule has 0 fully saturated rings. The lowest BCUT2D eigenvalue weighted by Gasteiger charge is -2.08. The Morgan fingerprint density at radius 2 is 1.82 bits per heavy atom. The van der Waals surface area contributed by atoms with Gasteiger partial charge in [-0.25, -0.2) is 9.97 Å². The fourth-order valence-corrected chi connectivity index (χ4v) is 5.09. The van der Waals surface area contributed by atoms with Gasteiger partial charge >= 0.3 is 0 Å². The summed E-state index contributed by atoms with van der Waals surface area (Å²) in [7, 11) is 1.64. The number of hydrogen-bond acceptors (Lipinski definition) is 8. The van der Waals surface area contributed by atoms with Crippen LogP contribution in [0.3, 0.4) is 0 Å². The zero-order valence-electron chi connectivity index (χ0n) is 16.3. The number of benzene rings is 1. The van der Waals surface area contributed by atoms with Crippen LogP contribution in [0, 0.1) is 20.8 Å². The quantitative estimate of drug-likeness (QED) is 0.315. The van der Waals surface area contributed by atoms with Gasteiger partial charge in [-0.1, -0.05) is 11.8 Å². The highest BCUT2D eigenvalue weighted by molar-refractivity contribution is 7.99. The van der Waals surface area contributed by atoms with Crippen LogP contribution in [0.15, 0.2) is 33.7 Å². The molecule has 6 nitrogen and oxygen atoms in total. The number of thioether (sulfide) groups is 1. The van der Waals surface area contributed by atoms with Crippen LogP contribution in [0.5, 0.6) is 5.75 Å². The molecular weight excluding hydrogens is 392 g/mol. The molecule has 0 bridgehead atoms. The number of methoxy groups -OCH3 is 1. The summed E-state index contributed by atoms with van der Waals surface area (Å²) in [6, 6.07) is 7.56. The molecule has 0 spiro atoms. The first-order valence-electron chi connectivity index (χ1n) is 8.85. The Labute approximate surface area is 171 Å². The van der Waals surface area contributed by atoms with Gasteiger partial charge in [-0.2, -0.15) is 0 Å². The van der Waals surface area contributed by atoms with Crippen molar-refractivity contribution in [3.63, 3.8) is 0 Å². The number of fused-ring (bicyclic) bond motifs is 1. The molecule has 8 heteroatoms. The molecule has 0 saturated heterocycles. The SMILES string of the molecule is COc1ccc(-c2nnc([C@H](C)Sc3nc(C)nc4sc(C)c(C)c34)o2)cc1. The van der Waals surface area contributed by atoms with Crippen LogP contribution in [0.25, 0.3) is 21.7 Å². The second kappa shape index (κ2) is 7.52. The molecule has 0 unspecified atom stereocenters. The summed E-state index contributed by atoms with van der Waals surface area (Å²) in [6.45, 7) is 8.21. The first kappa shape index (κ1) is 18.9. The molecule has 28 heavy (non-hydrogen) atoms. The van der Waals surface area contributed by atoms with Gasteiger partial charge in [-0.05, 0) is 57.5 Å². The van der Waals surface area contributed by atoms with Crippen molar-refractivity contribution < 1.29 is 9.15 Å². The van der Waals surface area contributed by atoms with E-state index in [0.717, 1.165) is 32.4 Å². The van der Waals surface area contributed by atoms with Crippen molar-refractivity contribution in [1.82, 2.24) is 20.2 Å². The summed E-state index contributed by atoms with van der Waals surface area (Å²) < 4.78 is 11.1. The number of nitrogens with zero attached hydrogens (tertiary/aromatic N) is 4. The number of ether oxygens (including phenoxy) is 1. The van der Waals surface area contributed by atoms with Crippen LogP contribution >= 0.6 is 23.1 Å². The van der Waals surface area contributed by atoms with Crippen LogP contribution in [-0.4, -0.2) is 27.3 Å². The minimum absolute atomic E-state index is 0.0309. The largest absolute Gasteiger partial charge is 0.497 e. The van der Waals surface area contributed by atoms with E-state index in [4.69, 9.17) is 9.15 Å². The normalized spacial score (nSPS) is 12.5. The molecule has 3 heterocycles. The third-order valence-corrected chi connectivity index (χ3v) is 6.70. The van der Waals surface area contributed by atoms with Gasteiger partial charge in [0.1, 0.15) is 21.4 Å². The molecule has 0 aliphatic carbocycles. The van der Waals surface area contributed by atoms with Crippen molar-refractivity contribution in [2.75, 3.05) is 7.11 Å². The molecule has 1 aromatic carbocycles. The van der Waals surface area contributed by atoms with Crippen molar-refractivity contribution in [2.24, 2.45) is 0 Å². The molecule has 0 N–H and O–H groups in total.